The molecule has 10 rings (SSSR count). The van der Waals surface area contributed by atoms with Crippen LogP contribution in [0.3, 0.4) is 0 Å². The van der Waals surface area contributed by atoms with Gasteiger partial charge in [-0.2, -0.15) is 0 Å². The third-order valence-electron chi connectivity index (χ3n) is 10.8. The Kier molecular flexibility index (Phi) is 6.29. The van der Waals surface area contributed by atoms with E-state index in [0.717, 1.165) is 5.69 Å². The molecule has 0 spiro atoms. The van der Waals surface area contributed by atoms with Gasteiger partial charge in [0, 0.05) is 44.5 Å². The van der Waals surface area contributed by atoms with Crippen molar-refractivity contribution in [1.29, 1.82) is 0 Å². The number of aromatic nitrogens is 2. The maximum Gasteiger partial charge on any atom is 0.0588 e. The van der Waals surface area contributed by atoms with Crippen LogP contribution in [0.25, 0.3) is 55.0 Å². The van der Waals surface area contributed by atoms with Gasteiger partial charge in [-0.15, -0.1) is 0 Å². The Morgan fingerprint density at radius 3 is 1.61 bits per heavy atom. The zero-order valence-electron chi connectivity index (χ0n) is 27.3. The molecule has 7 aromatic carbocycles. The lowest BCUT2D eigenvalue weighted by atomic mass is 9.73. The van der Waals surface area contributed by atoms with Crippen LogP contribution in [0.4, 0.5) is 5.69 Å². The summed E-state index contributed by atoms with van der Waals surface area (Å²) < 4.78 is 4.86. The van der Waals surface area contributed by atoms with Crippen LogP contribution >= 0.6 is 0 Å². The SMILES string of the molecule is CC1c2ccccc2NC(c2ccc(-n3c4ccccc4c4cc5c6ccccc6n(-c6ccccc6)c5cc43)cc2)C1c1ccccc1. The highest BCUT2D eigenvalue weighted by Gasteiger charge is 2.36. The summed E-state index contributed by atoms with van der Waals surface area (Å²) in [5.74, 6) is 0.684. The van der Waals surface area contributed by atoms with E-state index in [-0.39, 0.29) is 6.04 Å². The lowest BCUT2D eigenvalue weighted by Gasteiger charge is -2.40. The summed E-state index contributed by atoms with van der Waals surface area (Å²) in [6.45, 7) is 2.38. The largest absolute Gasteiger partial charge is 0.377 e. The fourth-order valence-electron chi connectivity index (χ4n) is 8.61. The van der Waals surface area contributed by atoms with Gasteiger partial charge in [-0.25, -0.2) is 0 Å². The molecule has 0 fully saturated rings. The third-order valence-corrected chi connectivity index (χ3v) is 10.8. The predicted molar refractivity (Wildman–Crippen MR) is 206 cm³/mol. The van der Waals surface area contributed by atoms with Gasteiger partial charge in [0.15, 0.2) is 0 Å². The molecule has 0 saturated heterocycles. The Bertz CT molecular complexity index is 2650. The molecule has 3 atom stereocenters. The molecule has 0 bridgehead atoms. The number of para-hydroxylation sites is 4. The van der Waals surface area contributed by atoms with Gasteiger partial charge in [0.2, 0.25) is 0 Å². The normalized spacial score (nSPS) is 17.4. The Labute approximate surface area is 285 Å². The Hall–Kier alpha value is -6.06. The first kappa shape index (κ1) is 28.0. The van der Waals surface area contributed by atoms with E-state index in [1.54, 1.807) is 0 Å². The summed E-state index contributed by atoms with van der Waals surface area (Å²) in [7, 11) is 0. The molecule has 1 aliphatic heterocycles. The summed E-state index contributed by atoms with van der Waals surface area (Å²) >= 11 is 0. The Balaban J connectivity index is 1.16. The van der Waals surface area contributed by atoms with Crippen molar-refractivity contribution in [3.05, 3.63) is 187 Å². The van der Waals surface area contributed by atoms with Crippen LogP contribution in [0.15, 0.2) is 170 Å². The zero-order valence-corrected chi connectivity index (χ0v) is 27.3. The van der Waals surface area contributed by atoms with E-state index in [0.29, 0.717) is 11.8 Å². The number of nitrogens with zero attached hydrogens (tertiary/aromatic N) is 2. The van der Waals surface area contributed by atoms with Gasteiger partial charge in [-0.05, 0) is 77.2 Å². The zero-order chi connectivity index (χ0) is 32.5. The molecule has 0 radical (unpaired) electrons. The van der Waals surface area contributed by atoms with Crippen molar-refractivity contribution in [3.63, 3.8) is 0 Å². The monoisotopic (exact) mass is 629 g/mol. The van der Waals surface area contributed by atoms with E-state index < -0.39 is 0 Å². The number of rotatable bonds is 4. The smallest absolute Gasteiger partial charge is 0.0588 e. The first-order chi connectivity index (χ1) is 24.2. The minimum Gasteiger partial charge on any atom is -0.377 e. The topological polar surface area (TPSA) is 21.9 Å². The molecule has 2 aromatic heterocycles. The van der Waals surface area contributed by atoms with E-state index in [1.807, 2.05) is 0 Å². The quantitative estimate of drug-likeness (QED) is 0.206. The molecule has 0 saturated carbocycles. The maximum absolute atomic E-state index is 3.95. The number of anilines is 1. The second-order valence-electron chi connectivity index (χ2n) is 13.5. The number of hydrogen-bond donors (Lipinski definition) is 1. The number of nitrogens with one attached hydrogen (secondary N) is 1. The minimum atomic E-state index is 0.153. The fraction of sp³-hybridized carbons (Fsp3) is 0.0870. The summed E-state index contributed by atoms with van der Waals surface area (Å²) in [6.07, 6.45) is 0. The van der Waals surface area contributed by atoms with Gasteiger partial charge in [-0.1, -0.05) is 122 Å². The van der Waals surface area contributed by atoms with E-state index >= 15 is 0 Å². The van der Waals surface area contributed by atoms with Crippen LogP contribution in [-0.4, -0.2) is 9.13 Å². The Morgan fingerprint density at radius 1 is 0.429 bits per heavy atom. The third kappa shape index (κ3) is 4.29. The highest BCUT2D eigenvalue weighted by Crippen LogP contribution is 2.50. The van der Waals surface area contributed by atoms with Crippen molar-refractivity contribution in [2.24, 2.45) is 0 Å². The van der Waals surface area contributed by atoms with Crippen molar-refractivity contribution < 1.29 is 0 Å². The molecule has 9 aromatic rings. The van der Waals surface area contributed by atoms with Gasteiger partial charge in [0.1, 0.15) is 0 Å². The first-order valence-electron chi connectivity index (χ1n) is 17.3. The van der Waals surface area contributed by atoms with Crippen molar-refractivity contribution in [2.45, 2.75) is 24.8 Å². The lowest BCUT2D eigenvalue weighted by molar-refractivity contribution is 0.487. The second-order valence-corrected chi connectivity index (χ2v) is 13.5. The molecule has 49 heavy (non-hydrogen) atoms. The summed E-state index contributed by atoms with van der Waals surface area (Å²) in [5, 5.41) is 9.03. The second kappa shape index (κ2) is 11.0. The van der Waals surface area contributed by atoms with Crippen molar-refractivity contribution in [3.8, 4) is 11.4 Å². The molecule has 3 nitrogen and oxygen atoms in total. The number of fused-ring (bicyclic) bond motifs is 7. The number of hydrogen-bond acceptors (Lipinski definition) is 1. The van der Waals surface area contributed by atoms with E-state index in [2.05, 4.69) is 191 Å². The van der Waals surface area contributed by atoms with Crippen LogP contribution < -0.4 is 5.32 Å². The van der Waals surface area contributed by atoms with Crippen molar-refractivity contribution in [1.82, 2.24) is 9.13 Å². The van der Waals surface area contributed by atoms with Crippen molar-refractivity contribution in [2.75, 3.05) is 5.32 Å². The summed E-state index contributed by atoms with van der Waals surface area (Å²) in [5.41, 5.74) is 12.5. The van der Waals surface area contributed by atoms with Gasteiger partial charge < -0.3 is 14.5 Å². The summed E-state index contributed by atoms with van der Waals surface area (Å²) in [4.78, 5) is 0. The maximum atomic E-state index is 3.95. The first-order valence-corrected chi connectivity index (χ1v) is 17.3. The minimum absolute atomic E-state index is 0.153. The lowest BCUT2D eigenvalue weighted by Crippen LogP contribution is -2.29. The molecular formula is C46H35N3. The fourth-order valence-corrected chi connectivity index (χ4v) is 8.61. The molecule has 1 aliphatic rings. The predicted octanol–water partition coefficient (Wildman–Crippen LogP) is 11.9. The molecule has 3 heterocycles. The van der Waals surface area contributed by atoms with Gasteiger partial charge in [0.05, 0.1) is 28.1 Å². The molecule has 3 heteroatoms. The molecular weight excluding hydrogens is 595 g/mol. The van der Waals surface area contributed by atoms with Crippen LogP contribution in [-0.2, 0) is 0 Å². The van der Waals surface area contributed by atoms with Crippen LogP contribution in [0, 0.1) is 0 Å². The highest BCUT2D eigenvalue weighted by molar-refractivity contribution is 6.19. The number of benzene rings is 7. The Morgan fingerprint density at radius 2 is 0.959 bits per heavy atom. The summed E-state index contributed by atoms with van der Waals surface area (Å²) in [6, 6.07) is 62.4. The molecule has 0 aliphatic carbocycles. The standard InChI is InChI=1S/C46H35N3/c1-30-35-18-8-11-21-40(35)47-46(45(30)31-14-4-2-5-15-31)32-24-26-34(27-25-32)49-42-23-13-10-20-37(42)39-28-38-36-19-9-12-22-41(36)48(43(38)29-44(39)49)33-16-6-3-7-17-33/h2-30,45-47H,1H3. The van der Waals surface area contributed by atoms with Gasteiger partial charge in [-0.3, -0.25) is 0 Å². The van der Waals surface area contributed by atoms with E-state index in [1.165, 1.54) is 71.7 Å². The van der Waals surface area contributed by atoms with Crippen LogP contribution in [0.2, 0.25) is 0 Å². The molecule has 234 valence electrons. The van der Waals surface area contributed by atoms with E-state index in [9.17, 15) is 0 Å². The van der Waals surface area contributed by atoms with E-state index in [4.69, 9.17) is 0 Å². The molecule has 0 amide bonds. The average Bonchev–Trinajstić information content (AvgIpc) is 3.66. The average molecular weight is 630 g/mol. The van der Waals surface area contributed by atoms with Crippen LogP contribution in [0.1, 0.15) is 41.5 Å². The highest BCUT2D eigenvalue weighted by atomic mass is 15.0. The van der Waals surface area contributed by atoms with Crippen LogP contribution in [0.5, 0.6) is 0 Å². The van der Waals surface area contributed by atoms with Crippen molar-refractivity contribution >= 4 is 49.3 Å². The molecule has 3 unspecified atom stereocenters. The van der Waals surface area contributed by atoms with Gasteiger partial charge in [0.25, 0.3) is 0 Å². The van der Waals surface area contributed by atoms with Gasteiger partial charge >= 0.3 is 0 Å². The molecule has 1 N–H and O–H groups in total.